The smallest absolute Gasteiger partial charge is 0.0897 e. The van der Waals surface area contributed by atoms with Crippen LogP contribution in [0.4, 0.5) is 0 Å². The van der Waals surface area contributed by atoms with Crippen LogP contribution in [-0.4, -0.2) is 70.9 Å². The third-order valence-electron chi connectivity index (χ3n) is 1.47. The molecule has 74 valence electrons. The lowest BCUT2D eigenvalue weighted by atomic mass is 10.3. The molecular weight excluding hydrogens is 162 g/mol. The first-order chi connectivity index (χ1) is 5.60. The summed E-state index contributed by atoms with van der Waals surface area (Å²) in [7, 11) is 1.69. The van der Waals surface area contributed by atoms with Crippen molar-refractivity contribution < 1.29 is 20.4 Å². The number of nitrogens with zero attached hydrogens (tertiary/aromatic N) is 1. The molecule has 0 saturated heterocycles. The summed E-state index contributed by atoms with van der Waals surface area (Å²) in [6.07, 6.45) is -1.58. The molecule has 0 rings (SSSR count). The Morgan fingerprint density at radius 3 is 1.58 bits per heavy atom. The van der Waals surface area contributed by atoms with Crippen LogP contribution in [0, 0.1) is 0 Å². The van der Waals surface area contributed by atoms with Crippen molar-refractivity contribution >= 4 is 0 Å². The van der Waals surface area contributed by atoms with Crippen LogP contribution in [0.15, 0.2) is 0 Å². The fraction of sp³-hybridized carbons (Fsp3) is 1.00. The van der Waals surface area contributed by atoms with Crippen LogP contribution in [0.2, 0.25) is 0 Å². The molecule has 12 heavy (non-hydrogen) atoms. The van der Waals surface area contributed by atoms with E-state index in [1.807, 2.05) is 0 Å². The van der Waals surface area contributed by atoms with Gasteiger partial charge in [-0.2, -0.15) is 0 Å². The Kier molecular flexibility index (Phi) is 6.23. The minimum Gasteiger partial charge on any atom is -0.394 e. The van der Waals surface area contributed by atoms with Gasteiger partial charge >= 0.3 is 0 Å². The maximum absolute atomic E-state index is 8.98. The molecule has 0 fully saturated rings. The lowest BCUT2D eigenvalue weighted by molar-refractivity contribution is 0.0327. The van der Waals surface area contributed by atoms with Crippen molar-refractivity contribution in [2.45, 2.75) is 12.2 Å². The molecule has 0 aromatic carbocycles. The number of hydrogen-bond acceptors (Lipinski definition) is 5. The topological polar surface area (TPSA) is 84.2 Å². The van der Waals surface area contributed by atoms with Gasteiger partial charge in [-0.05, 0) is 7.05 Å². The van der Waals surface area contributed by atoms with Crippen molar-refractivity contribution in [3.05, 3.63) is 0 Å². The predicted molar refractivity (Wildman–Crippen MR) is 43.7 cm³/mol. The van der Waals surface area contributed by atoms with Crippen molar-refractivity contribution in [3.8, 4) is 0 Å². The zero-order chi connectivity index (χ0) is 9.56. The normalized spacial score (nSPS) is 16.5. The lowest BCUT2D eigenvalue weighted by Gasteiger charge is -2.21. The van der Waals surface area contributed by atoms with Crippen molar-refractivity contribution in [2.24, 2.45) is 0 Å². The molecule has 5 heteroatoms. The fourth-order valence-electron chi connectivity index (χ4n) is 0.910. The molecule has 0 aliphatic carbocycles. The van der Waals surface area contributed by atoms with Gasteiger partial charge in [0, 0.05) is 13.1 Å². The summed E-state index contributed by atoms with van der Waals surface area (Å²) >= 11 is 0. The van der Waals surface area contributed by atoms with Gasteiger partial charge in [-0.1, -0.05) is 0 Å². The third-order valence-corrected chi connectivity index (χ3v) is 1.47. The van der Waals surface area contributed by atoms with Gasteiger partial charge in [0.05, 0.1) is 25.4 Å². The van der Waals surface area contributed by atoms with Crippen molar-refractivity contribution in [3.63, 3.8) is 0 Å². The van der Waals surface area contributed by atoms with Crippen LogP contribution < -0.4 is 0 Å². The maximum atomic E-state index is 8.98. The molecule has 0 heterocycles. The van der Waals surface area contributed by atoms with Crippen LogP contribution in [0.25, 0.3) is 0 Å². The van der Waals surface area contributed by atoms with Crippen LogP contribution in [0.3, 0.4) is 0 Å². The first-order valence-corrected chi connectivity index (χ1v) is 3.86. The highest BCUT2D eigenvalue weighted by Crippen LogP contribution is 1.91. The van der Waals surface area contributed by atoms with E-state index in [-0.39, 0.29) is 26.3 Å². The van der Waals surface area contributed by atoms with Gasteiger partial charge in [0.1, 0.15) is 0 Å². The minimum absolute atomic E-state index is 0.285. The zero-order valence-corrected chi connectivity index (χ0v) is 7.22. The Bertz CT molecular complexity index is 99.6. The molecule has 5 nitrogen and oxygen atoms in total. The van der Waals surface area contributed by atoms with Gasteiger partial charge in [-0.15, -0.1) is 0 Å². The first-order valence-electron chi connectivity index (χ1n) is 3.86. The second kappa shape index (κ2) is 6.33. The maximum Gasteiger partial charge on any atom is 0.0897 e. The Hall–Kier alpha value is -0.200. The highest BCUT2D eigenvalue weighted by atomic mass is 16.3. The predicted octanol–water partition coefficient (Wildman–Crippen LogP) is -2.38. The van der Waals surface area contributed by atoms with E-state index in [4.69, 9.17) is 20.4 Å². The molecule has 0 radical (unpaired) electrons. The Morgan fingerprint density at radius 2 is 1.33 bits per heavy atom. The molecule has 0 saturated carbocycles. The Balaban J connectivity index is 3.51. The van der Waals surface area contributed by atoms with E-state index in [0.717, 1.165) is 0 Å². The number of rotatable bonds is 6. The average Bonchev–Trinajstić information content (AvgIpc) is 2.03. The van der Waals surface area contributed by atoms with Crippen LogP contribution >= 0.6 is 0 Å². The summed E-state index contributed by atoms with van der Waals surface area (Å²) in [5.74, 6) is 0. The summed E-state index contributed by atoms with van der Waals surface area (Å²) in [6, 6.07) is 0. The van der Waals surface area contributed by atoms with Gasteiger partial charge in [0.2, 0.25) is 0 Å². The quantitative estimate of drug-likeness (QED) is 0.366. The van der Waals surface area contributed by atoms with Crippen LogP contribution in [-0.2, 0) is 0 Å². The number of likely N-dealkylation sites (N-methyl/N-ethyl adjacent to an activating group) is 1. The SMILES string of the molecule is CN(C[C@H](O)CO)C[C@H](O)CO. The van der Waals surface area contributed by atoms with E-state index in [0.29, 0.717) is 0 Å². The molecule has 0 unspecified atom stereocenters. The number of aliphatic hydroxyl groups is 4. The first kappa shape index (κ1) is 11.8. The van der Waals surface area contributed by atoms with Crippen molar-refractivity contribution in [2.75, 3.05) is 33.4 Å². The van der Waals surface area contributed by atoms with E-state index in [2.05, 4.69) is 0 Å². The zero-order valence-electron chi connectivity index (χ0n) is 7.22. The molecular formula is C7H17NO4. The molecule has 0 aliphatic heterocycles. The van der Waals surface area contributed by atoms with Gasteiger partial charge in [-0.25, -0.2) is 0 Å². The number of hydrogen-bond donors (Lipinski definition) is 4. The Labute approximate surface area is 71.9 Å². The minimum atomic E-state index is -0.791. The van der Waals surface area contributed by atoms with Crippen molar-refractivity contribution in [1.29, 1.82) is 0 Å². The monoisotopic (exact) mass is 179 g/mol. The second-order valence-corrected chi connectivity index (χ2v) is 2.89. The fourth-order valence-corrected chi connectivity index (χ4v) is 0.910. The van der Waals surface area contributed by atoms with Gasteiger partial charge < -0.3 is 25.3 Å². The average molecular weight is 179 g/mol. The number of aliphatic hydroxyl groups excluding tert-OH is 4. The highest BCUT2D eigenvalue weighted by Gasteiger charge is 2.10. The molecule has 0 bridgehead atoms. The third kappa shape index (κ3) is 5.45. The van der Waals surface area contributed by atoms with E-state index in [9.17, 15) is 0 Å². The molecule has 0 amide bonds. The lowest BCUT2D eigenvalue weighted by Crippen LogP contribution is -2.37. The summed E-state index contributed by atoms with van der Waals surface area (Å²) in [5, 5.41) is 34.9. The van der Waals surface area contributed by atoms with E-state index >= 15 is 0 Å². The molecule has 0 aliphatic rings. The van der Waals surface area contributed by atoms with E-state index in [1.165, 1.54) is 0 Å². The van der Waals surface area contributed by atoms with Crippen molar-refractivity contribution in [1.82, 2.24) is 4.90 Å². The second-order valence-electron chi connectivity index (χ2n) is 2.89. The highest BCUT2D eigenvalue weighted by molar-refractivity contribution is 4.63. The van der Waals surface area contributed by atoms with Crippen LogP contribution in [0.5, 0.6) is 0 Å². The van der Waals surface area contributed by atoms with Gasteiger partial charge in [0.25, 0.3) is 0 Å². The van der Waals surface area contributed by atoms with E-state index < -0.39 is 12.2 Å². The summed E-state index contributed by atoms with van der Waals surface area (Å²) < 4.78 is 0. The molecule has 0 aromatic rings. The molecule has 0 aromatic heterocycles. The van der Waals surface area contributed by atoms with Gasteiger partial charge in [0.15, 0.2) is 0 Å². The van der Waals surface area contributed by atoms with E-state index in [1.54, 1.807) is 11.9 Å². The standard InChI is InChI=1S/C7H17NO4/c1-8(2-6(11)4-9)3-7(12)5-10/h6-7,9-12H,2-5H2,1H3/t6-,7-/m0/s1. The molecule has 0 spiro atoms. The molecule has 2 atom stereocenters. The Morgan fingerprint density at radius 1 is 1.00 bits per heavy atom. The summed E-state index contributed by atoms with van der Waals surface area (Å²) in [5.41, 5.74) is 0. The van der Waals surface area contributed by atoms with Crippen LogP contribution in [0.1, 0.15) is 0 Å². The molecule has 4 N–H and O–H groups in total. The van der Waals surface area contributed by atoms with Gasteiger partial charge in [-0.3, -0.25) is 0 Å². The largest absolute Gasteiger partial charge is 0.394 e. The summed E-state index contributed by atoms with van der Waals surface area (Å²) in [4.78, 5) is 1.64. The summed E-state index contributed by atoms with van der Waals surface area (Å²) in [6.45, 7) is -0.0137.